The molecule has 0 spiro atoms. The van der Waals surface area contributed by atoms with Gasteiger partial charge in [0, 0.05) is 19.2 Å². The van der Waals surface area contributed by atoms with Crippen LogP contribution in [-0.4, -0.2) is 54.7 Å². The largest absolute Gasteiger partial charge is 0.489 e. The molecule has 1 amide bonds. The molecule has 0 aliphatic carbocycles. The quantitative estimate of drug-likeness (QED) is 0.732. The van der Waals surface area contributed by atoms with Crippen LogP contribution in [0.1, 0.15) is 17.0 Å². The monoisotopic (exact) mass is 349 g/mol. The Morgan fingerprint density at radius 3 is 2.64 bits per heavy atom. The smallest absolute Gasteiger partial charge is 0.236 e. The van der Waals surface area contributed by atoms with Crippen LogP contribution < -0.4 is 4.74 Å². The number of carbonyl (C=O) groups excluding carboxylic acids is 1. The molecule has 0 unspecified atom stereocenters. The van der Waals surface area contributed by atoms with Crippen molar-refractivity contribution in [2.45, 2.75) is 20.4 Å². The summed E-state index contributed by atoms with van der Waals surface area (Å²) in [5.74, 6) is 0.518. The van der Waals surface area contributed by atoms with E-state index in [4.69, 9.17) is 9.26 Å². The first-order valence-electron chi connectivity index (χ1n) is 8.10. The van der Waals surface area contributed by atoms with Crippen LogP contribution in [0.25, 0.3) is 0 Å². The standard InChI is InChI=1S/C18H24FN3O3/c1-13-15(14(2)25-20-13)11-21(3)12-18(23)22(4)9-10-24-17-8-6-5-7-16(17)19/h5-8H,9-12H2,1-4H3. The van der Waals surface area contributed by atoms with Crippen LogP contribution in [0.15, 0.2) is 28.8 Å². The fraction of sp³-hybridized carbons (Fsp3) is 0.444. The van der Waals surface area contributed by atoms with Gasteiger partial charge in [-0.1, -0.05) is 17.3 Å². The lowest BCUT2D eigenvalue weighted by Crippen LogP contribution is -2.38. The average Bonchev–Trinajstić information content (AvgIpc) is 2.88. The van der Waals surface area contributed by atoms with E-state index in [1.54, 1.807) is 30.1 Å². The number of ether oxygens (including phenoxy) is 1. The molecule has 1 aromatic heterocycles. The molecule has 136 valence electrons. The van der Waals surface area contributed by atoms with Gasteiger partial charge >= 0.3 is 0 Å². The summed E-state index contributed by atoms with van der Waals surface area (Å²) in [7, 11) is 3.57. The Labute approximate surface area is 147 Å². The van der Waals surface area contributed by atoms with Gasteiger partial charge in [0.05, 0.1) is 18.8 Å². The third-order valence-corrected chi connectivity index (χ3v) is 3.96. The molecule has 0 saturated carbocycles. The molecule has 2 aromatic rings. The van der Waals surface area contributed by atoms with Gasteiger partial charge in [0.2, 0.25) is 5.91 Å². The second-order valence-electron chi connectivity index (χ2n) is 6.07. The summed E-state index contributed by atoms with van der Waals surface area (Å²) in [6.07, 6.45) is 0. The first kappa shape index (κ1) is 18.9. The van der Waals surface area contributed by atoms with Crippen LogP contribution in [0.4, 0.5) is 4.39 Å². The van der Waals surface area contributed by atoms with Gasteiger partial charge in [0.25, 0.3) is 0 Å². The second kappa shape index (κ2) is 8.62. The number of hydrogen-bond acceptors (Lipinski definition) is 5. The Balaban J connectivity index is 1.77. The second-order valence-corrected chi connectivity index (χ2v) is 6.07. The van der Waals surface area contributed by atoms with Crippen LogP contribution >= 0.6 is 0 Å². The third-order valence-electron chi connectivity index (χ3n) is 3.96. The van der Waals surface area contributed by atoms with Gasteiger partial charge in [0.1, 0.15) is 12.4 Å². The molecule has 0 bridgehead atoms. The number of amides is 1. The highest BCUT2D eigenvalue weighted by atomic mass is 19.1. The molecular weight excluding hydrogens is 325 g/mol. The molecule has 1 aromatic carbocycles. The molecule has 0 saturated heterocycles. The van der Waals surface area contributed by atoms with Crippen LogP contribution in [0.3, 0.4) is 0 Å². The van der Waals surface area contributed by atoms with Crippen molar-refractivity contribution in [3.63, 3.8) is 0 Å². The van der Waals surface area contributed by atoms with Crippen molar-refractivity contribution in [2.75, 3.05) is 33.8 Å². The lowest BCUT2D eigenvalue weighted by atomic mass is 10.2. The van der Waals surface area contributed by atoms with Crippen molar-refractivity contribution in [1.29, 1.82) is 0 Å². The zero-order chi connectivity index (χ0) is 18.4. The minimum atomic E-state index is -0.407. The van der Waals surface area contributed by atoms with Crippen LogP contribution in [0.5, 0.6) is 5.75 Å². The van der Waals surface area contributed by atoms with Crippen molar-refractivity contribution in [2.24, 2.45) is 0 Å². The topological polar surface area (TPSA) is 58.8 Å². The van der Waals surface area contributed by atoms with Crippen LogP contribution in [-0.2, 0) is 11.3 Å². The van der Waals surface area contributed by atoms with E-state index in [2.05, 4.69) is 5.16 Å². The molecule has 0 aliphatic rings. The molecule has 1 heterocycles. The van der Waals surface area contributed by atoms with E-state index < -0.39 is 5.82 Å². The predicted molar refractivity (Wildman–Crippen MR) is 91.8 cm³/mol. The number of benzene rings is 1. The van der Waals surface area contributed by atoms with Gasteiger partial charge in [0.15, 0.2) is 11.6 Å². The lowest BCUT2D eigenvalue weighted by Gasteiger charge is -2.22. The predicted octanol–water partition coefficient (Wildman–Crippen LogP) is 2.40. The van der Waals surface area contributed by atoms with Crippen molar-refractivity contribution >= 4 is 5.91 Å². The maximum atomic E-state index is 13.5. The number of aromatic nitrogens is 1. The van der Waals surface area contributed by atoms with E-state index in [0.29, 0.717) is 13.1 Å². The minimum Gasteiger partial charge on any atom is -0.489 e. The van der Waals surface area contributed by atoms with Crippen LogP contribution in [0, 0.1) is 19.7 Å². The summed E-state index contributed by atoms with van der Waals surface area (Å²) in [6.45, 7) is 5.21. The van der Waals surface area contributed by atoms with E-state index in [9.17, 15) is 9.18 Å². The Hall–Kier alpha value is -2.41. The SMILES string of the molecule is Cc1noc(C)c1CN(C)CC(=O)N(C)CCOc1ccccc1F. The first-order chi connectivity index (χ1) is 11.9. The molecule has 0 N–H and O–H groups in total. The summed E-state index contributed by atoms with van der Waals surface area (Å²) in [5.41, 5.74) is 1.84. The van der Waals surface area contributed by atoms with Crippen molar-refractivity contribution < 1.29 is 18.4 Å². The number of aryl methyl sites for hydroxylation is 2. The Morgan fingerprint density at radius 1 is 1.28 bits per heavy atom. The number of hydrogen-bond donors (Lipinski definition) is 0. The summed E-state index contributed by atoms with van der Waals surface area (Å²) in [6, 6.07) is 6.21. The molecule has 2 rings (SSSR count). The minimum absolute atomic E-state index is 0.0357. The maximum Gasteiger partial charge on any atom is 0.236 e. The van der Waals surface area contributed by atoms with Crippen molar-refractivity contribution in [3.05, 3.63) is 47.1 Å². The number of carbonyl (C=O) groups is 1. The number of likely N-dealkylation sites (N-methyl/N-ethyl adjacent to an activating group) is 2. The number of para-hydroxylation sites is 1. The summed E-state index contributed by atoms with van der Waals surface area (Å²) in [5, 5.41) is 3.92. The van der Waals surface area contributed by atoms with Gasteiger partial charge in [-0.25, -0.2) is 4.39 Å². The fourth-order valence-corrected chi connectivity index (χ4v) is 2.38. The highest BCUT2D eigenvalue weighted by molar-refractivity contribution is 5.77. The fourth-order valence-electron chi connectivity index (χ4n) is 2.38. The number of rotatable bonds is 8. The van der Waals surface area contributed by atoms with Gasteiger partial charge in [-0.2, -0.15) is 0 Å². The molecule has 0 aliphatic heterocycles. The Morgan fingerprint density at radius 2 is 2.00 bits per heavy atom. The average molecular weight is 349 g/mol. The number of halogens is 1. The van der Waals surface area contributed by atoms with Gasteiger partial charge in [-0.15, -0.1) is 0 Å². The van der Waals surface area contributed by atoms with E-state index in [1.165, 1.54) is 6.07 Å². The summed E-state index contributed by atoms with van der Waals surface area (Å²) in [4.78, 5) is 15.8. The molecule has 7 heteroatoms. The number of nitrogens with zero attached hydrogens (tertiary/aromatic N) is 3. The highest BCUT2D eigenvalue weighted by Gasteiger charge is 2.16. The van der Waals surface area contributed by atoms with Gasteiger partial charge in [-0.05, 0) is 33.0 Å². The lowest BCUT2D eigenvalue weighted by molar-refractivity contribution is -0.131. The van der Waals surface area contributed by atoms with E-state index >= 15 is 0 Å². The van der Waals surface area contributed by atoms with E-state index in [-0.39, 0.29) is 24.8 Å². The molecule has 0 fully saturated rings. The summed E-state index contributed by atoms with van der Waals surface area (Å²) >= 11 is 0. The molecule has 0 radical (unpaired) electrons. The third kappa shape index (κ3) is 5.29. The van der Waals surface area contributed by atoms with Gasteiger partial charge < -0.3 is 14.2 Å². The molecular formula is C18H24FN3O3. The zero-order valence-corrected chi connectivity index (χ0v) is 15.1. The Kier molecular flexibility index (Phi) is 6.52. The zero-order valence-electron chi connectivity index (χ0n) is 15.1. The summed E-state index contributed by atoms with van der Waals surface area (Å²) < 4.78 is 24.0. The first-order valence-corrected chi connectivity index (χ1v) is 8.10. The molecule has 0 atom stereocenters. The van der Waals surface area contributed by atoms with E-state index in [1.807, 2.05) is 25.8 Å². The van der Waals surface area contributed by atoms with Crippen molar-refractivity contribution in [3.8, 4) is 5.75 Å². The highest BCUT2D eigenvalue weighted by Crippen LogP contribution is 2.15. The normalized spacial score (nSPS) is 11.0. The van der Waals surface area contributed by atoms with Crippen molar-refractivity contribution in [1.82, 2.24) is 15.0 Å². The molecule has 6 nitrogen and oxygen atoms in total. The van der Waals surface area contributed by atoms with Gasteiger partial charge in [-0.3, -0.25) is 9.69 Å². The van der Waals surface area contributed by atoms with Crippen LogP contribution in [0.2, 0.25) is 0 Å². The molecule has 25 heavy (non-hydrogen) atoms. The van der Waals surface area contributed by atoms with E-state index in [0.717, 1.165) is 17.0 Å². The Bertz CT molecular complexity index is 698. The maximum absolute atomic E-state index is 13.5.